The van der Waals surface area contributed by atoms with Gasteiger partial charge in [-0.15, -0.1) is 0 Å². The Balaban J connectivity index is 2.26. The maximum atomic E-state index is 13.1. The number of esters is 4. The summed E-state index contributed by atoms with van der Waals surface area (Å²) < 4.78 is 24.4. The SMILES string of the molecule is CCCC(=O)O[C@H]1C[C@]2(C)C([C@H]1C(C)C)[C@H]1C=C(C)[C@H](O)[C@H](OC(C)=O)[C@@H](OC(=O)CCC)[C@]1(C)C[C@@H]2OC(=O)CCC. The molecule has 0 spiro atoms. The van der Waals surface area contributed by atoms with E-state index in [1.807, 2.05) is 33.8 Å². The van der Waals surface area contributed by atoms with Crippen LogP contribution in [0.5, 0.6) is 0 Å². The number of allylic oxidation sites excluding steroid dienone is 1. The van der Waals surface area contributed by atoms with Crippen LogP contribution in [0.3, 0.4) is 0 Å². The summed E-state index contributed by atoms with van der Waals surface area (Å²) in [5.74, 6) is -2.00. The number of carbonyl (C=O) groups is 4. The van der Waals surface area contributed by atoms with Crippen LogP contribution in [0.25, 0.3) is 0 Å². The molecule has 3 rings (SSSR count). The molecule has 43 heavy (non-hydrogen) atoms. The van der Waals surface area contributed by atoms with E-state index in [1.165, 1.54) is 6.92 Å². The third kappa shape index (κ3) is 7.12. The van der Waals surface area contributed by atoms with Crippen LogP contribution in [0, 0.1) is 34.5 Å². The number of hydrogen-bond acceptors (Lipinski definition) is 9. The molecule has 0 heterocycles. The lowest BCUT2D eigenvalue weighted by Gasteiger charge is -2.57. The van der Waals surface area contributed by atoms with Crippen molar-refractivity contribution in [3.05, 3.63) is 11.6 Å². The Hall–Kier alpha value is -2.42. The van der Waals surface area contributed by atoms with Gasteiger partial charge in [-0.2, -0.15) is 0 Å². The molecule has 0 bridgehead atoms. The van der Waals surface area contributed by atoms with Crippen LogP contribution >= 0.6 is 0 Å². The highest BCUT2D eigenvalue weighted by atomic mass is 16.6. The fraction of sp³-hybridized carbons (Fsp3) is 0.824. The number of fused-ring (bicyclic) bond motifs is 3. The Morgan fingerprint density at radius 2 is 1.40 bits per heavy atom. The molecule has 2 fully saturated rings. The number of hydrogen-bond donors (Lipinski definition) is 1. The van der Waals surface area contributed by atoms with Gasteiger partial charge in [0, 0.05) is 42.9 Å². The molecular formula is C34H54O9. The second-order valence-electron chi connectivity index (χ2n) is 13.9. The highest BCUT2D eigenvalue weighted by molar-refractivity contribution is 5.71. The van der Waals surface area contributed by atoms with Crippen LogP contribution < -0.4 is 0 Å². The van der Waals surface area contributed by atoms with Crippen molar-refractivity contribution in [2.75, 3.05) is 0 Å². The van der Waals surface area contributed by atoms with E-state index in [0.717, 1.165) is 0 Å². The lowest BCUT2D eigenvalue weighted by atomic mass is 9.49. The number of carbonyl (C=O) groups excluding carboxylic acids is 4. The minimum Gasteiger partial charge on any atom is -0.462 e. The molecule has 10 atom stereocenters. The van der Waals surface area contributed by atoms with E-state index < -0.39 is 53.3 Å². The topological polar surface area (TPSA) is 125 Å². The molecule has 9 nitrogen and oxygen atoms in total. The number of aliphatic hydroxyl groups is 1. The molecule has 2 saturated carbocycles. The van der Waals surface area contributed by atoms with Crippen molar-refractivity contribution in [1.82, 2.24) is 0 Å². The molecule has 3 aliphatic carbocycles. The zero-order valence-corrected chi connectivity index (χ0v) is 27.6. The van der Waals surface area contributed by atoms with Crippen LogP contribution in [-0.4, -0.2) is 59.5 Å². The molecular weight excluding hydrogens is 552 g/mol. The van der Waals surface area contributed by atoms with Crippen molar-refractivity contribution in [3.63, 3.8) is 0 Å². The lowest BCUT2D eigenvalue weighted by molar-refractivity contribution is -0.215. The van der Waals surface area contributed by atoms with Crippen LogP contribution in [-0.2, 0) is 38.1 Å². The fourth-order valence-electron chi connectivity index (χ4n) is 8.25. The number of rotatable bonds is 11. The highest BCUT2D eigenvalue weighted by Gasteiger charge is 2.69. The van der Waals surface area contributed by atoms with Crippen LogP contribution in [0.15, 0.2) is 11.6 Å². The summed E-state index contributed by atoms with van der Waals surface area (Å²) in [7, 11) is 0. The third-order valence-electron chi connectivity index (χ3n) is 10.2. The molecule has 3 aliphatic rings. The first kappa shape index (κ1) is 35.1. The van der Waals surface area contributed by atoms with Gasteiger partial charge in [-0.25, -0.2) is 0 Å². The Morgan fingerprint density at radius 1 is 0.860 bits per heavy atom. The summed E-state index contributed by atoms with van der Waals surface area (Å²) in [6.45, 7) is 17.2. The summed E-state index contributed by atoms with van der Waals surface area (Å²) in [5, 5.41) is 11.5. The molecule has 0 amide bonds. The molecule has 9 heteroatoms. The van der Waals surface area contributed by atoms with Crippen LogP contribution in [0.1, 0.15) is 114 Å². The maximum absolute atomic E-state index is 13.1. The van der Waals surface area contributed by atoms with Gasteiger partial charge in [0.2, 0.25) is 0 Å². The van der Waals surface area contributed by atoms with E-state index in [9.17, 15) is 24.3 Å². The van der Waals surface area contributed by atoms with Crippen molar-refractivity contribution in [2.24, 2.45) is 34.5 Å². The summed E-state index contributed by atoms with van der Waals surface area (Å²) in [6, 6.07) is 0. The van der Waals surface area contributed by atoms with Crippen molar-refractivity contribution < 1.29 is 43.2 Å². The average molecular weight is 607 g/mol. The Morgan fingerprint density at radius 3 is 1.91 bits per heavy atom. The smallest absolute Gasteiger partial charge is 0.306 e. The van der Waals surface area contributed by atoms with E-state index in [1.54, 1.807) is 6.92 Å². The molecule has 1 unspecified atom stereocenters. The van der Waals surface area contributed by atoms with E-state index in [0.29, 0.717) is 44.1 Å². The minimum atomic E-state index is -1.20. The summed E-state index contributed by atoms with van der Waals surface area (Å²) in [5.41, 5.74) is -0.839. The first-order valence-electron chi connectivity index (χ1n) is 16.3. The van der Waals surface area contributed by atoms with Gasteiger partial charge in [0.25, 0.3) is 0 Å². The average Bonchev–Trinajstić information content (AvgIpc) is 3.17. The van der Waals surface area contributed by atoms with Gasteiger partial charge in [0.15, 0.2) is 6.10 Å². The van der Waals surface area contributed by atoms with Gasteiger partial charge in [-0.3, -0.25) is 19.2 Å². The summed E-state index contributed by atoms with van der Waals surface area (Å²) in [6.07, 6.45) is 1.22. The van der Waals surface area contributed by atoms with Gasteiger partial charge in [0.05, 0.1) is 0 Å². The van der Waals surface area contributed by atoms with Gasteiger partial charge in [-0.1, -0.05) is 54.5 Å². The maximum Gasteiger partial charge on any atom is 0.306 e. The Kier molecular flexibility index (Phi) is 11.5. The van der Waals surface area contributed by atoms with E-state index in [2.05, 4.69) is 20.8 Å². The molecule has 0 aliphatic heterocycles. The monoisotopic (exact) mass is 606 g/mol. The van der Waals surface area contributed by atoms with Gasteiger partial charge >= 0.3 is 23.9 Å². The Bertz CT molecular complexity index is 1070. The van der Waals surface area contributed by atoms with Gasteiger partial charge < -0.3 is 24.1 Å². The molecule has 0 aromatic rings. The van der Waals surface area contributed by atoms with Crippen LogP contribution in [0.4, 0.5) is 0 Å². The highest BCUT2D eigenvalue weighted by Crippen LogP contribution is 2.67. The molecule has 1 N–H and O–H groups in total. The van der Waals surface area contributed by atoms with E-state index in [-0.39, 0.29) is 48.5 Å². The zero-order valence-electron chi connectivity index (χ0n) is 27.6. The predicted octanol–water partition coefficient (Wildman–Crippen LogP) is 5.70. The van der Waals surface area contributed by atoms with Gasteiger partial charge in [0.1, 0.15) is 24.4 Å². The van der Waals surface area contributed by atoms with Gasteiger partial charge in [-0.05, 0) is 62.4 Å². The Labute approximate surface area is 257 Å². The fourth-order valence-corrected chi connectivity index (χ4v) is 8.25. The predicted molar refractivity (Wildman–Crippen MR) is 160 cm³/mol. The van der Waals surface area contributed by atoms with E-state index >= 15 is 0 Å². The van der Waals surface area contributed by atoms with Crippen molar-refractivity contribution in [1.29, 1.82) is 0 Å². The number of aliphatic hydroxyl groups excluding tert-OH is 1. The third-order valence-corrected chi connectivity index (χ3v) is 10.2. The molecule has 0 saturated heterocycles. The molecule has 244 valence electrons. The van der Waals surface area contributed by atoms with Crippen molar-refractivity contribution in [2.45, 2.75) is 144 Å². The number of ether oxygens (including phenoxy) is 4. The second-order valence-corrected chi connectivity index (χ2v) is 13.9. The standard InChI is InChI=1S/C34H54O9/c1-10-13-25(36)41-23-17-34(9)24(42-26(37)14-11-2)18-33(8)22(29(34)28(23)19(4)5)16-20(6)30(39)31(40-21(7)35)32(33)43-27(38)15-12-3/h16,19,22-24,28-32,39H,10-15,17-18H2,1-9H3/t22-,23+,24+,28+,29?,30+,31+,32-,33-,34+/m1/s1. The minimum absolute atomic E-state index is 0.0960. The van der Waals surface area contributed by atoms with Crippen molar-refractivity contribution in [3.8, 4) is 0 Å². The first-order chi connectivity index (χ1) is 20.1. The molecule has 0 aromatic heterocycles. The largest absolute Gasteiger partial charge is 0.462 e. The zero-order chi connectivity index (χ0) is 32.3. The first-order valence-corrected chi connectivity index (χ1v) is 16.3. The quantitative estimate of drug-likeness (QED) is 0.179. The van der Waals surface area contributed by atoms with Crippen LogP contribution in [0.2, 0.25) is 0 Å². The summed E-state index contributed by atoms with van der Waals surface area (Å²) >= 11 is 0. The molecule has 0 aromatic carbocycles. The second kappa shape index (κ2) is 14.1. The normalized spacial score (nSPS) is 37.0. The van der Waals surface area contributed by atoms with Crippen molar-refractivity contribution >= 4 is 23.9 Å². The summed E-state index contributed by atoms with van der Waals surface area (Å²) in [4.78, 5) is 51.4. The lowest BCUT2D eigenvalue weighted by Crippen LogP contribution is -2.61. The van der Waals surface area contributed by atoms with E-state index in [4.69, 9.17) is 18.9 Å². The molecule has 0 radical (unpaired) electrons.